The average molecular weight is 647 g/mol. The number of rotatable bonds is 0. The van der Waals surface area contributed by atoms with Gasteiger partial charge in [-0.25, -0.2) is 0 Å². The van der Waals surface area contributed by atoms with Gasteiger partial charge in [-0.3, -0.25) is 0 Å². The zero-order chi connectivity index (χ0) is 32.3. The molecule has 0 N–H and O–H groups in total. The lowest BCUT2D eigenvalue weighted by Gasteiger charge is -2.49. The highest BCUT2D eigenvalue weighted by atomic mass is 28.3. The lowest BCUT2D eigenvalue weighted by Crippen LogP contribution is -2.77. The number of anilines is 3. The quantitative estimate of drug-likeness (QED) is 0.161. The zero-order valence-corrected chi connectivity index (χ0v) is 28.1. The highest BCUT2D eigenvalue weighted by Gasteiger charge is 2.56. The molecule has 4 heteroatoms. The topological polar surface area (TPSA) is 8.17 Å². The van der Waals surface area contributed by atoms with Crippen molar-refractivity contribution < 1.29 is 0 Å². The predicted octanol–water partition coefficient (Wildman–Crippen LogP) is 7.04. The van der Waals surface area contributed by atoms with E-state index in [4.69, 9.17) is 0 Å². The Balaban J connectivity index is 1.27. The van der Waals surface area contributed by atoms with Gasteiger partial charge in [0.1, 0.15) is 0 Å². The van der Waals surface area contributed by atoms with Crippen LogP contribution in [0.5, 0.6) is 0 Å². The summed E-state index contributed by atoms with van der Waals surface area (Å²) in [6.45, 7) is 0.0382. The van der Waals surface area contributed by atoms with Crippen molar-refractivity contribution in [3.8, 4) is 22.3 Å². The Morgan fingerprint density at radius 3 is 1.92 bits per heavy atom. The van der Waals surface area contributed by atoms with Crippen LogP contribution >= 0.6 is 0 Å². The van der Waals surface area contributed by atoms with Crippen LogP contribution in [0.3, 0.4) is 0 Å². The molecule has 9 aromatic rings. The van der Waals surface area contributed by atoms with Gasteiger partial charge in [-0.15, -0.1) is 0 Å². The first-order chi connectivity index (χ1) is 24.9. The minimum Gasteiger partial charge on any atom is -0.375 e. The molecule has 4 aliphatic rings. The standard InChI is InChI=1S/C46H27BN2Si/c1-2-14-29-28(13-1)27-38-44-43(29)34-19-11-18-33-30-15-3-6-21-36(30)49(45(33)34)47(44)35-20-12-26-42-46(35)48(38)37-22-7-10-25-41(37)50(42)39-23-8-4-16-31(39)32-17-5-9-24-40(32)50/h1-27H. The van der Waals surface area contributed by atoms with Gasteiger partial charge in [0.05, 0.1) is 0 Å². The van der Waals surface area contributed by atoms with E-state index in [2.05, 4.69) is 173 Å². The first-order valence-corrected chi connectivity index (χ1v) is 19.7. The molecular formula is C46H27BN2Si. The number of nitrogens with zero attached hydrogens (tertiary/aromatic N) is 2. The minimum atomic E-state index is -2.69. The minimum absolute atomic E-state index is 0.0382. The van der Waals surface area contributed by atoms with Gasteiger partial charge < -0.3 is 9.38 Å². The summed E-state index contributed by atoms with van der Waals surface area (Å²) in [6.07, 6.45) is 0. The van der Waals surface area contributed by atoms with Crippen molar-refractivity contribution in [2.45, 2.75) is 0 Å². The number of para-hydroxylation sites is 4. The Hall–Kier alpha value is -6.10. The fourth-order valence-corrected chi connectivity index (χ4v) is 16.3. The van der Waals surface area contributed by atoms with Crippen LogP contribution in [0.25, 0.3) is 54.8 Å². The zero-order valence-electron chi connectivity index (χ0n) is 27.1. The summed E-state index contributed by atoms with van der Waals surface area (Å²) in [6, 6.07) is 62.8. The van der Waals surface area contributed by atoms with E-state index in [1.165, 1.54) is 104 Å². The van der Waals surface area contributed by atoms with Crippen LogP contribution in [0.1, 0.15) is 0 Å². The van der Waals surface area contributed by atoms with Crippen LogP contribution in [0.15, 0.2) is 164 Å². The summed E-state index contributed by atoms with van der Waals surface area (Å²) in [4.78, 5) is 2.67. The van der Waals surface area contributed by atoms with Gasteiger partial charge in [-0.2, -0.15) is 0 Å². The normalized spacial score (nSPS) is 14.9. The number of aromatic nitrogens is 1. The molecule has 0 saturated heterocycles. The SMILES string of the molecule is c1ccc2c(c1)-c1ccccc1[Si]21c2ccccc2N2c3cc4ccccc4c4c3B(c3cccc1c32)n1c2ccccc2c2cccc-4c21. The molecule has 0 saturated carbocycles. The van der Waals surface area contributed by atoms with Crippen LogP contribution in [0.4, 0.5) is 17.1 Å². The maximum Gasteiger partial charge on any atom is 0.333 e. The molecule has 0 amide bonds. The Morgan fingerprint density at radius 2 is 1.08 bits per heavy atom. The molecule has 2 nitrogen and oxygen atoms in total. The van der Waals surface area contributed by atoms with Gasteiger partial charge in [-0.1, -0.05) is 146 Å². The second-order valence-electron chi connectivity index (χ2n) is 14.3. The predicted molar refractivity (Wildman–Crippen MR) is 214 cm³/mol. The summed E-state index contributed by atoms with van der Waals surface area (Å²) in [5.41, 5.74) is 15.0. The molecule has 1 spiro atoms. The van der Waals surface area contributed by atoms with E-state index < -0.39 is 8.07 Å². The second-order valence-corrected chi connectivity index (χ2v) is 18.0. The van der Waals surface area contributed by atoms with Crippen LogP contribution in [-0.2, 0) is 0 Å². The monoisotopic (exact) mass is 646 g/mol. The van der Waals surface area contributed by atoms with Crippen molar-refractivity contribution in [1.82, 2.24) is 4.48 Å². The first kappa shape index (κ1) is 25.9. The third-order valence-electron chi connectivity index (χ3n) is 12.3. The summed E-state index contributed by atoms with van der Waals surface area (Å²) < 4.78 is 2.69. The van der Waals surface area contributed by atoms with Crippen molar-refractivity contribution >= 4 is 96.2 Å². The van der Waals surface area contributed by atoms with Crippen LogP contribution in [0.2, 0.25) is 0 Å². The van der Waals surface area contributed by atoms with Gasteiger partial charge in [0.2, 0.25) is 0 Å². The Morgan fingerprint density at radius 1 is 0.460 bits per heavy atom. The summed E-state index contributed by atoms with van der Waals surface area (Å²) >= 11 is 0. The Labute approximate surface area is 290 Å². The van der Waals surface area contributed by atoms with E-state index in [0.717, 1.165) is 0 Å². The largest absolute Gasteiger partial charge is 0.375 e. The summed E-state index contributed by atoms with van der Waals surface area (Å²) in [5.74, 6) is 0. The Kier molecular flexibility index (Phi) is 4.51. The van der Waals surface area contributed by atoms with Crippen LogP contribution in [-0.4, -0.2) is 19.4 Å². The van der Waals surface area contributed by atoms with E-state index >= 15 is 0 Å². The van der Waals surface area contributed by atoms with Gasteiger partial charge >= 0.3 is 6.85 Å². The molecule has 0 fully saturated rings. The maximum absolute atomic E-state index is 2.69. The van der Waals surface area contributed by atoms with E-state index in [1.54, 1.807) is 0 Å². The molecule has 0 bridgehead atoms. The highest BCUT2D eigenvalue weighted by Crippen LogP contribution is 2.49. The van der Waals surface area contributed by atoms with Gasteiger partial charge in [-0.05, 0) is 77.3 Å². The molecule has 50 heavy (non-hydrogen) atoms. The van der Waals surface area contributed by atoms with Crippen molar-refractivity contribution in [2.75, 3.05) is 4.90 Å². The third kappa shape index (κ3) is 2.71. The molecule has 5 heterocycles. The first-order valence-electron chi connectivity index (χ1n) is 17.7. The van der Waals surface area contributed by atoms with Gasteiger partial charge in [0.15, 0.2) is 8.07 Å². The van der Waals surface area contributed by atoms with Gasteiger partial charge in [0, 0.05) is 44.4 Å². The molecule has 1 aromatic heterocycles. The fraction of sp³-hybridized carbons (Fsp3) is 0. The van der Waals surface area contributed by atoms with Crippen molar-refractivity contribution in [3.63, 3.8) is 0 Å². The Bertz CT molecular complexity index is 2980. The molecule has 0 radical (unpaired) electrons. The van der Waals surface area contributed by atoms with Crippen LogP contribution < -0.4 is 36.6 Å². The molecule has 13 rings (SSSR count). The molecule has 8 aromatic carbocycles. The van der Waals surface area contributed by atoms with Crippen LogP contribution in [0, 0.1) is 0 Å². The molecule has 0 unspecified atom stereocenters. The van der Waals surface area contributed by atoms with Crippen molar-refractivity contribution in [3.05, 3.63) is 164 Å². The highest BCUT2D eigenvalue weighted by molar-refractivity contribution is 7.24. The number of hydrogen-bond acceptors (Lipinski definition) is 1. The second kappa shape index (κ2) is 8.73. The van der Waals surface area contributed by atoms with Crippen molar-refractivity contribution in [2.24, 2.45) is 0 Å². The molecule has 228 valence electrons. The van der Waals surface area contributed by atoms with E-state index in [-0.39, 0.29) is 6.85 Å². The third-order valence-corrected chi connectivity index (χ3v) is 17.3. The molecule has 4 aliphatic heterocycles. The maximum atomic E-state index is 2.69. The molecular weight excluding hydrogens is 619 g/mol. The van der Waals surface area contributed by atoms with E-state index in [9.17, 15) is 0 Å². The number of benzene rings is 8. The summed E-state index contributed by atoms with van der Waals surface area (Å²) in [7, 11) is -2.69. The van der Waals surface area contributed by atoms with Gasteiger partial charge in [0.25, 0.3) is 0 Å². The lowest BCUT2D eigenvalue weighted by atomic mass is 9.44. The molecule has 0 aliphatic carbocycles. The lowest BCUT2D eigenvalue weighted by molar-refractivity contribution is 1.26. The number of hydrogen-bond donors (Lipinski definition) is 0. The fourth-order valence-electron chi connectivity index (χ4n) is 10.7. The smallest absolute Gasteiger partial charge is 0.333 e. The van der Waals surface area contributed by atoms with E-state index in [1.807, 2.05) is 0 Å². The average Bonchev–Trinajstić information content (AvgIpc) is 3.67. The van der Waals surface area contributed by atoms with Crippen molar-refractivity contribution in [1.29, 1.82) is 0 Å². The summed E-state index contributed by atoms with van der Waals surface area (Å²) in [5, 5.41) is 11.3. The number of fused-ring (bicyclic) bond motifs is 18. The molecule has 0 atom stereocenters. The van der Waals surface area contributed by atoms with E-state index in [0.29, 0.717) is 0 Å².